The number of hydrogen-bond donors (Lipinski definition) is 1. The summed E-state index contributed by atoms with van der Waals surface area (Å²) >= 11 is 0. The summed E-state index contributed by atoms with van der Waals surface area (Å²) in [7, 11) is 0. The standard InChI is InChI=1S/C13H24N2O2/c1-11-10-15(7-4-8-17-11)13(16)9-12-5-2-3-6-14-12/h11-12,14H,2-10H2,1H3. The molecule has 4 nitrogen and oxygen atoms in total. The smallest absolute Gasteiger partial charge is 0.224 e. The fourth-order valence-corrected chi connectivity index (χ4v) is 2.66. The highest BCUT2D eigenvalue weighted by atomic mass is 16.5. The number of piperidine rings is 1. The van der Waals surface area contributed by atoms with E-state index in [1.807, 2.05) is 11.8 Å². The zero-order valence-corrected chi connectivity index (χ0v) is 10.8. The lowest BCUT2D eigenvalue weighted by molar-refractivity contribution is -0.132. The summed E-state index contributed by atoms with van der Waals surface area (Å²) in [5.41, 5.74) is 0. The summed E-state index contributed by atoms with van der Waals surface area (Å²) in [6, 6.07) is 0.399. The summed E-state index contributed by atoms with van der Waals surface area (Å²) in [6.07, 6.45) is 5.46. The first-order valence-corrected chi connectivity index (χ1v) is 6.88. The number of carbonyl (C=O) groups is 1. The highest BCUT2D eigenvalue weighted by Gasteiger charge is 2.23. The predicted molar refractivity (Wildman–Crippen MR) is 66.9 cm³/mol. The molecule has 2 rings (SSSR count). The van der Waals surface area contributed by atoms with E-state index in [0.29, 0.717) is 18.4 Å². The fourth-order valence-electron chi connectivity index (χ4n) is 2.66. The first-order chi connectivity index (χ1) is 8.25. The van der Waals surface area contributed by atoms with Gasteiger partial charge in [-0.25, -0.2) is 0 Å². The van der Waals surface area contributed by atoms with Crippen molar-refractivity contribution >= 4 is 5.91 Å². The van der Waals surface area contributed by atoms with Gasteiger partial charge in [0.25, 0.3) is 0 Å². The molecule has 0 saturated carbocycles. The van der Waals surface area contributed by atoms with Crippen molar-refractivity contribution in [3.8, 4) is 0 Å². The van der Waals surface area contributed by atoms with Crippen molar-refractivity contribution in [1.82, 2.24) is 10.2 Å². The summed E-state index contributed by atoms with van der Waals surface area (Å²) in [5, 5.41) is 3.44. The molecule has 0 aromatic carbocycles. The van der Waals surface area contributed by atoms with Crippen LogP contribution in [0.2, 0.25) is 0 Å². The van der Waals surface area contributed by atoms with Gasteiger partial charge in [0.2, 0.25) is 5.91 Å². The molecule has 0 radical (unpaired) electrons. The summed E-state index contributed by atoms with van der Waals surface area (Å²) in [4.78, 5) is 14.2. The lowest BCUT2D eigenvalue weighted by Crippen LogP contribution is -2.42. The molecule has 2 saturated heterocycles. The van der Waals surface area contributed by atoms with Crippen LogP contribution >= 0.6 is 0 Å². The van der Waals surface area contributed by atoms with E-state index in [9.17, 15) is 4.79 Å². The van der Waals surface area contributed by atoms with Gasteiger partial charge in [0.1, 0.15) is 0 Å². The minimum absolute atomic E-state index is 0.181. The zero-order chi connectivity index (χ0) is 12.1. The summed E-state index contributed by atoms with van der Waals surface area (Å²) in [6.45, 7) is 5.51. The van der Waals surface area contributed by atoms with Crippen LogP contribution in [0.25, 0.3) is 0 Å². The van der Waals surface area contributed by atoms with E-state index in [1.54, 1.807) is 0 Å². The van der Waals surface area contributed by atoms with Crippen molar-refractivity contribution in [3.63, 3.8) is 0 Å². The quantitative estimate of drug-likeness (QED) is 0.787. The monoisotopic (exact) mass is 240 g/mol. The molecule has 0 spiro atoms. The lowest BCUT2D eigenvalue weighted by atomic mass is 10.0. The number of amides is 1. The van der Waals surface area contributed by atoms with Crippen LogP contribution in [0.5, 0.6) is 0 Å². The largest absolute Gasteiger partial charge is 0.377 e. The molecule has 1 amide bonds. The maximum Gasteiger partial charge on any atom is 0.224 e. The maximum absolute atomic E-state index is 12.2. The molecule has 1 N–H and O–H groups in total. The molecule has 0 aliphatic carbocycles. The second-order valence-electron chi connectivity index (χ2n) is 5.23. The van der Waals surface area contributed by atoms with Crippen molar-refractivity contribution < 1.29 is 9.53 Å². The Morgan fingerprint density at radius 3 is 3.06 bits per heavy atom. The van der Waals surface area contributed by atoms with Gasteiger partial charge in [-0.05, 0) is 32.7 Å². The van der Waals surface area contributed by atoms with Crippen molar-refractivity contribution in [2.45, 2.75) is 51.2 Å². The SMILES string of the molecule is CC1CN(C(=O)CC2CCCCN2)CCCO1. The maximum atomic E-state index is 12.2. The van der Waals surface area contributed by atoms with Crippen LogP contribution in [0, 0.1) is 0 Å². The van der Waals surface area contributed by atoms with Crippen LogP contribution < -0.4 is 5.32 Å². The molecule has 2 heterocycles. The van der Waals surface area contributed by atoms with Gasteiger partial charge in [0.05, 0.1) is 6.10 Å². The third kappa shape index (κ3) is 3.96. The molecule has 17 heavy (non-hydrogen) atoms. The van der Waals surface area contributed by atoms with E-state index in [2.05, 4.69) is 5.32 Å². The molecule has 0 aromatic rings. The lowest BCUT2D eigenvalue weighted by Gasteiger charge is -2.27. The first kappa shape index (κ1) is 12.8. The van der Waals surface area contributed by atoms with E-state index in [0.717, 1.165) is 39.1 Å². The molecule has 2 aliphatic heterocycles. The number of nitrogens with zero attached hydrogens (tertiary/aromatic N) is 1. The molecule has 2 unspecified atom stereocenters. The van der Waals surface area contributed by atoms with E-state index in [-0.39, 0.29) is 6.10 Å². The van der Waals surface area contributed by atoms with Crippen LogP contribution in [-0.2, 0) is 9.53 Å². The van der Waals surface area contributed by atoms with Crippen LogP contribution in [-0.4, -0.2) is 49.2 Å². The molecular formula is C13H24N2O2. The van der Waals surface area contributed by atoms with E-state index >= 15 is 0 Å². The van der Waals surface area contributed by atoms with Gasteiger partial charge in [-0.15, -0.1) is 0 Å². The Hall–Kier alpha value is -0.610. The normalized spacial score (nSPS) is 31.0. The van der Waals surface area contributed by atoms with E-state index in [4.69, 9.17) is 4.74 Å². The number of hydrogen-bond acceptors (Lipinski definition) is 3. The average Bonchev–Trinajstić information content (AvgIpc) is 2.55. The number of carbonyl (C=O) groups excluding carboxylic acids is 1. The van der Waals surface area contributed by atoms with Crippen LogP contribution in [0.3, 0.4) is 0 Å². The van der Waals surface area contributed by atoms with Gasteiger partial charge in [-0.1, -0.05) is 6.42 Å². The molecule has 2 aliphatic rings. The van der Waals surface area contributed by atoms with Crippen molar-refractivity contribution in [2.75, 3.05) is 26.2 Å². The van der Waals surface area contributed by atoms with Crippen molar-refractivity contribution in [2.24, 2.45) is 0 Å². The Kier molecular flexibility index (Phi) is 4.80. The second kappa shape index (κ2) is 6.36. The predicted octanol–water partition coefficient (Wildman–Crippen LogP) is 1.16. The topological polar surface area (TPSA) is 41.6 Å². The highest BCUT2D eigenvalue weighted by Crippen LogP contribution is 2.13. The van der Waals surface area contributed by atoms with E-state index < -0.39 is 0 Å². The number of ether oxygens (including phenoxy) is 1. The molecule has 2 atom stereocenters. The van der Waals surface area contributed by atoms with Gasteiger partial charge in [0.15, 0.2) is 0 Å². The second-order valence-corrected chi connectivity index (χ2v) is 5.23. The third-order valence-corrected chi connectivity index (χ3v) is 3.64. The Bertz CT molecular complexity index is 252. The molecule has 2 fully saturated rings. The van der Waals surface area contributed by atoms with Crippen molar-refractivity contribution in [3.05, 3.63) is 0 Å². The minimum atomic E-state index is 0.181. The molecule has 0 bridgehead atoms. The van der Waals surface area contributed by atoms with Gasteiger partial charge in [-0.3, -0.25) is 4.79 Å². The van der Waals surface area contributed by atoms with E-state index in [1.165, 1.54) is 12.8 Å². The molecular weight excluding hydrogens is 216 g/mol. The van der Waals surface area contributed by atoms with Gasteiger partial charge < -0.3 is 15.0 Å². The van der Waals surface area contributed by atoms with Gasteiger partial charge in [-0.2, -0.15) is 0 Å². The third-order valence-electron chi connectivity index (χ3n) is 3.64. The highest BCUT2D eigenvalue weighted by molar-refractivity contribution is 5.76. The van der Waals surface area contributed by atoms with Crippen LogP contribution in [0.1, 0.15) is 39.0 Å². The van der Waals surface area contributed by atoms with Crippen molar-refractivity contribution in [1.29, 1.82) is 0 Å². The van der Waals surface area contributed by atoms with Gasteiger partial charge in [0, 0.05) is 32.2 Å². The Morgan fingerprint density at radius 1 is 1.41 bits per heavy atom. The minimum Gasteiger partial charge on any atom is -0.377 e. The average molecular weight is 240 g/mol. The number of nitrogens with one attached hydrogen (secondary N) is 1. The molecule has 0 aromatic heterocycles. The fraction of sp³-hybridized carbons (Fsp3) is 0.923. The Balaban J connectivity index is 1.80. The molecule has 4 heteroatoms. The first-order valence-electron chi connectivity index (χ1n) is 6.88. The Labute approximate surface area is 104 Å². The zero-order valence-electron chi connectivity index (χ0n) is 10.8. The molecule has 98 valence electrons. The van der Waals surface area contributed by atoms with Crippen LogP contribution in [0.15, 0.2) is 0 Å². The van der Waals surface area contributed by atoms with Crippen LogP contribution in [0.4, 0.5) is 0 Å². The summed E-state index contributed by atoms with van der Waals surface area (Å²) in [5.74, 6) is 0.293. The summed E-state index contributed by atoms with van der Waals surface area (Å²) < 4.78 is 5.56. The number of rotatable bonds is 2. The van der Waals surface area contributed by atoms with Gasteiger partial charge >= 0.3 is 0 Å². The Morgan fingerprint density at radius 2 is 2.29 bits per heavy atom.